The molecule has 1 aromatic rings. The number of amidine groups is 1. The van der Waals surface area contributed by atoms with E-state index in [9.17, 15) is 4.79 Å². The van der Waals surface area contributed by atoms with Crippen LogP contribution in [0.2, 0.25) is 0 Å². The third-order valence-corrected chi connectivity index (χ3v) is 3.24. The highest BCUT2D eigenvalue weighted by Crippen LogP contribution is 2.16. The first kappa shape index (κ1) is 10.2. The molecule has 3 nitrogen and oxygen atoms in total. The molecule has 1 heterocycles. The van der Waals surface area contributed by atoms with Crippen LogP contribution >= 0.6 is 11.8 Å². The Labute approximate surface area is 93.0 Å². The lowest BCUT2D eigenvalue weighted by molar-refractivity contribution is 0.0966. The Kier molecular flexibility index (Phi) is 3.06. The molecule has 0 radical (unpaired) electrons. The minimum absolute atomic E-state index is 0.0860. The fraction of sp³-hybridized carbons (Fsp3) is 0.273. The van der Waals surface area contributed by atoms with Crippen molar-refractivity contribution in [2.24, 2.45) is 0 Å². The first-order valence-electron chi connectivity index (χ1n) is 4.82. The SMILES string of the molecule is N=C1SCCN1CC(=O)c1ccccc1. The number of hydrogen-bond acceptors (Lipinski definition) is 3. The Morgan fingerprint density at radius 3 is 2.73 bits per heavy atom. The smallest absolute Gasteiger partial charge is 0.182 e. The Bertz CT molecular complexity index is 377. The van der Waals surface area contributed by atoms with E-state index in [4.69, 9.17) is 5.41 Å². The number of carbonyl (C=O) groups is 1. The third-order valence-electron chi connectivity index (χ3n) is 2.32. The molecule has 1 N–H and O–H groups in total. The Morgan fingerprint density at radius 1 is 1.40 bits per heavy atom. The van der Waals surface area contributed by atoms with E-state index in [0.717, 1.165) is 17.9 Å². The van der Waals surface area contributed by atoms with Crippen LogP contribution in [0, 0.1) is 5.41 Å². The van der Waals surface area contributed by atoms with Crippen molar-refractivity contribution in [2.75, 3.05) is 18.8 Å². The lowest BCUT2D eigenvalue weighted by atomic mass is 10.1. The van der Waals surface area contributed by atoms with Gasteiger partial charge in [-0.3, -0.25) is 10.2 Å². The molecule has 15 heavy (non-hydrogen) atoms. The molecule has 1 aromatic carbocycles. The Balaban J connectivity index is 2.01. The zero-order valence-corrected chi connectivity index (χ0v) is 9.09. The maximum absolute atomic E-state index is 11.8. The minimum Gasteiger partial charge on any atom is -0.343 e. The largest absolute Gasteiger partial charge is 0.343 e. The van der Waals surface area contributed by atoms with Crippen LogP contribution in [0.4, 0.5) is 0 Å². The average molecular weight is 220 g/mol. The number of nitrogens with zero attached hydrogens (tertiary/aromatic N) is 1. The highest BCUT2D eigenvalue weighted by atomic mass is 32.2. The van der Waals surface area contributed by atoms with E-state index in [1.54, 1.807) is 0 Å². The van der Waals surface area contributed by atoms with Gasteiger partial charge in [0.25, 0.3) is 0 Å². The molecule has 0 saturated carbocycles. The number of rotatable bonds is 3. The van der Waals surface area contributed by atoms with Gasteiger partial charge in [-0.15, -0.1) is 0 Å². The van der Waals surface area contributed by atoms with Gasteiger partial charge in [0.1, 0.15) is 0 Å². The number of hydrogen-bond donors (Lipinski definition) is 1. The lowest BCUT2D eigenvalue weighted by Crippen LogP contribution is -2.30. The van der Waals surface area contributed by atoms with Crippen LogP contribution in [0.3, 0.4) is 0 Å². The summed E-state index contributed by atoms with van der Waals surface area (Å²) in [5.41, 5.74) is 0.724. The quantitative estimate of drug-likeness (QED) is 0.791. The number of Topliss-reactive ketones (excluding diaryl/α,β-unsaturated/α-hetero) is 1. The number of benzene rings is 1. The van der Waals surface area contributed by atoms with Crippen molar-refractivity contribution in [3.05, 3.63) is 35.9 Å². The molecule has 0 bridgehead atoms. The van der Waals surface area contributed by atoms with E-state index in [-0.39, 0.29) is 5.78 Å². The highest BCUT2D eigenvalue weighted by molar-refractivity contribution is 8.14. The third kappa shape index (κ3) is 2.39. The van der Waals surface area contributed by atoms with Gasteiger partial charge in [0, 0.05) is 17.9 Å². The fourth-order valence-corrected chi connectivity index (χ4v) is 2.33. The van der Waals surface area contributed by atoms with E-state index >= 15 is 0 Å². The van der Waals surface area contributed by atoms with Crippen LogP contribution in [0.1, 0.15) is 10.4 Å². The standard InChI is InChI=1S/C11H12N2OS/c12-11-13(6-7-15-11)8-10(14)9-4-2-1-3-5-9/h1-5,12H,6-8H2. The van der Waals surface area contributed by atoms with Gasteiger partial charge in [0.05, 0.1) is 6.54 Å². The predicted molar refractivity (Wildman–Crippen MR) is 62.5 cm³/mol. The van der Waals surface area contributed by atoms with Crippen LogP contribution < -0.4 is 0 Å². The van der Waals surface area contributed by atoms with Gasteiger partial charge in [-0.1, -0.05) is 42.1 Å². The van der Waals surface area contributed by atoms with Gasteiger partial charge >= 0.3 is 0 Å². The van der Waals surface area contributed by atoms with Crippen molar-refractivity contribution in [3.63, 3.8) is 0 Å². The van der Waals surface area contributed by atoms with Crippen LogP contribution in [0.25, 0.3) is 0 Å². The summed E-state index contributed by atoms with van der Waals surface area (Å²) in [4.78, 5) is 13.6. The number of nitrogens with one attached hydrogen (secondary N) is 1. The minimum atomic E-state index is 0.0860. The van der Waals surface area contributed by atoms with Gasteiger partial charge in [-0.05, 0) is 0 Å². The number of ketones is 1. The maximum Gasteiger partial charge on any atom is 0.182 e. The molecule has 1 aliphatic rings. The first-order valence-corrected chi connectivity index (χ1v) is 5.80. The first-order chi connectivity index (χ1) is 7.27. The van der Waals surface area contributed by atoms with Crippen molar-refractivity contribution < 1.29 is 4.79 Å². The van der Waals surface area contributed by atoms with Crippen LogP contribution in [-0.2, 0) is 0 Å². The molecule has 0 aliphatic carbocycles. The molecule has 1 saturated heterocycles. The molecule has 1 aliphatic heterocycles. The van der Waals surface area contributed by atoms with E-state index in [0.29, 0.717) is 11.7 Å². The topological polar surface area (TPSA) is 44.2 Å². The van der Waals surface area contributed by atoms with Gasteiger partial charge < -0.3 is 4.90 Å². The summed E-state index contributed by atoms with van der Waals surface area (Å²) in [6.07, 6.45) is 0. The van der Waals surface area contributed by atoms with Gasteiger partial charge in [-0.2, -0.15) is 0 Å². The van der Waals surface area contributed by atoms with Crippen molar-refractivity contribution in [3.8, 4) is 0 Å². The average Bonchev–Trinajstić information content (AvgIpc) is 2.66. The van der Waals surface area contributed by atoms with Crippen LogP contribution in [0.15, 0.2) is 30.3 Å². The summed E-state index contributed by atoms with van der Waals surface area (Å²) in [7, 11) is 0. The monoisotopic (exact) mass is 220 g/mol. The van der Waals surface area contributed by atoms with Crippen molar-refractivity contribution in [1.29, 1.82) is 5.41 Å². The molecule has 2 rings (SSSR count). The van der Waals surface area contributed by atoms with Crippen molar-refractivity contribution >= 4 is 22.7 Å². The van der Waals surface area contributed by atoms with E-state index in [2.05, 4.69) is 0 Å². The number of thioether (sulfide) groups is 1. The summed E-state index contributed by atoms with van der Waals surface area (Å²) in [6, 6.07) is 9.24. The van der Waals surface area contributed by atoms with Crippen molar-refractivity contribution in [2.45, 2.75) is 0 Å². The van der Waals surface area contributed by atoms with Gasteiger partial charge in [0.15, 0.2) is 11.0 Å². The molecule has 0 unspecified atom stereocenters. The molecule has 0 atom stereocenters. The molecule has 1 fully saturated rings. The highest BCUT2D eigenvalue weighted by Gasteiger charge is 2.20. The molecule has 0 spiro atoms. The Morgan fingerprint density at radius 2 is 2.13 bits per heavy atom. The predicted octanol–water partition coefficient (Wildman–Crippen LogP) is 1.85. The summed E-state index contributed by atoms with van der Waals surface area (Å²) in [5, 5.41) is 8.11. The second kappa shape index (κ2) is 4.49. The second-order valence-corrected chi connectivity index (χ2v) is 4.45. The van der Waals surface area contributed by atoms with E-state index in [1.165, 1.54) is 11.8 Å². The van der Waals surface area contributed by atoms with Crippen molar-refractivity contribution in [1.82, 2.24) is 4.90 Å². The van der Waals surface area contributed by atoms with E-state index in [1.807, 2.05) is 35.2 Å². The molecule has 4 heteroatoms. The Hall–Kier alpha value is -1.29. The van der Waals surface area contributed by atoms with Crippen LogP contribution in [-0.4, -0.2) is 34.7 Å². The van der Waals surface area contributed by atoms with Gasteiger partial charge in [0.2, 0.25) is 0 Å². The molecule has 78 valence electrons. The molecule has 0 aromatic heterocycles. The molecular formula is C11H12N2OS. The zero-order chi connectivity index (χ0) is 10.7. The molecular weight excluding hydrogens is 208 g/mol. The summed E-state index contributed by atoms with van der Waals surface area (Å²) < 4.78 is 0. The molecule has 0 amide bonds. The van der Waals surface area contributed by atoms with Crippen LogP contribution in [0.5, 0.6) is 0 Å². The lowest BCUT2D eigenvalue weighted by Gasteiger charge is -2.15. The summed E-state index contributed by atoms with van der Waals surface area (Å²) in [6.45, 7) is 1.14. The zero-order valence-electron chi connectivity index (χ0n) is 8.27. The normalized spacial score (nSPS) is 15.7. The van der Waals surface area contributed by atoms with Gasteiger partial charge in [-0.25, -0.2) is 0 Å². The second-order valence-electron chi connectivity index (χ2n) is 3.36. The summed E-state index contributed by atoms with van der Waals surface area (Å²) in [5.74, 6) is 1.00. The fourth-order valence-electron chi connectivity index (χ4n) is 1.48. The summed E-state index contributed by atoms with van der Waals surface area (Å²) >= 11 is 1.50. The maximum atomic E-state index is 11.8. The number of carbonyl (C=O) groups excluding carboxylic acids is 1. The van der Waals surface area contributed by atoms with E-state index < -0.39 is 0 Å².